The average molecular weight is 443 g/mol. The van der Waals surface area contributed by atoms with Crippen LogP contribution >= 0.6 is 11.6 Å². The second-order valence-electron chi connectivity index (χ2n) is 8.91. The first-order chi connectivity index (χ1) is 14.7. The first-order valence-electron chi connectivity index (χ1n) is 11.1. The van der Waals surface area contributed by atoms with Crippen molar-refractivity contribution in [1.29, 1.82) is 0 Å². The zero-order chi connectivity index (χ0) is 23.0. The van der Waals surface area contributed by atoms with Crippen molar-refractivity contribution in [1.82, 2.24) is 10.2 Å². The summed E-state index contributed by atoms with van der Waals surface area (Å²) in [5.41, 5.74) is 3.45. The molecule has 0 aliphatic rings. The van der Waals surface area contributed by atoms with E-state index in [9.17, 15) is 9.59 Å². The van der Waals surface area contributed by atoms with Crippen molar-refractivity contribution in [2.75, 3.05) is 6.54 Å². The molecule has 0 aliphatic heterocycles. The van der Waals surface area contributed by atoms with Gasteiger partial charge in [-0.25, -0.2) is 0 Å². The highest BCUT2D eigenvalue weighted by Crippen LogP contribution is 2.23. The number of hydrogen-bond acceptors (Lipinski definition) is 2. The van der Waals surface area contributed by atoms with Crippen LogP contribution in [0.5, 0.6) is 0 Å². The van der Waals surface area contributed by atoms with Gasteiger partial charge in [0.25, 0.3) is 0 Å². The van der Waals surface area contributed by atoms with Crippen LogP contribution in [0.2, 0.25) is 5.02 Å². The lowest BCUT2D eigenvalue weighted by Crippen LogP contribution is -2.49. The van der Waals surface area contributed by atoms with Crippen molar-refractivity contribution in [3.8, 4) is 0 Å². The van der Waals surface area contributed by atoms with E-state index in [1.165, 1.54) is 5.56 Å². The lowest BCUT2D eigenvalue weighted by atomic mass is 9.86. The molecule has 168 valence electrons. The van der Waals surface area contributed by atoms with Gasteiger partial charge >= 0.3 is 0 Å². The molecule has 2 amide bonds. The lowest BCUT2D eigenvalue weighted by molar-refractivity contribution is -0.141. The van der Waals surface area contributed by atoms with Gasteiger partial charge in [-0.3, -0.25) is 9.59 Å². The maximum Gasteiger partial charge on any atom is 0.242 e. The Bertz CT molecular complexity index is 854. The van der Waals surface area contributed by atoms with Gasteiger partial charge in [-0.05, 0) is 54.0 Å². The van der Waals surface area contributed by atoms with Gasteiger partial charge in [0.15, 0.2) is 0 Å². The second-order valence-corrected chi connectivity index (χ2v) is 9.35. The highest BCUT2D eigenvalue weighted by atomic mass is 35.5. The van der Waals surface area contributed by atoms with Crippen molar-refractivity contribution in [3.05, 3.63) is 70.2 Å². The monoisotopic (exact) mass is 442 g/mol. The van der Waals surface area contributed by atoms with Crippen LogP contribution in [0.15, 0.2) is 48.5 Å². The molecule has 2 aromatic rings. The number of rotatable bonds is 9. The van der Waals surface area contributed by atoms with E-state index in [1.807, 2.05) is 38.1 Å². The molecular formula is C26H35ClN2O2. The molecule has 2 aromatic carbocycles. The van der Waals surface area contributed by atoms with Gasteiger partial charge in [0.05, 0.1) is 0 Å². The number of carbonyl (C=O) groups is 2. The van der Waals surface area contributed by atoms with Gasteiger partial charge < -0.3 is 10.2 Å². The smallest absolute Gasteiger partial charge is 0.242 e. The van der Waals surface area contributed by atoms with Crippen molar-refractivity contribution in [2.24, 2.45) is 0 Å². The van der Waals surface area contributed by atoms with Gasteiger partial charge in [-0.2, -0.15) is 0 Å². The van der Waals surface area contributed by atoms with E-state index in [-0.39, 0.29) is 17.2 Å². The quantitative estimate of drug-likeness (QED) is 0.556. The largest absolute Gasteiger partial charge is 0.355 e. The van der Waals surface area contributed by atoms with Gasteiger partial charge in [0, 0.05) is 24.5 Å². The summed E-state index contributed by atoms with van der Waals surface area (Å²) in [5, 5.41) is 3.52. The normalized spacial score (nSPS) is 12.3. The number of aryl methyl sites for hydroxylation is 1. The van der Waals surface area contributed by atoms with E-state index in [0.717, 1.165) is 11.1 Å². The predicted octanol–water partition coefficient (Wildman–Crippen LogP) is 5.51. The number of likely N-dealkylation sites (N-methyl/N-ethyl adjacent to an activating group) is 1. The standard InChI is InChI=1S/C26H35ClN2O2/c1-6-23(25(31)28-7-2)29(18-20-10-15-22(27)16-11-20)24(30)17-12-19-8-13-21(14-9-19)26(3,4)5/h8-11,13-16,23H,6-7,12,17-18H2,1-5H3,(H,28,31)/t23-/m0/s1. The van der Waals surface area contributed by atoms with Gasteiger partial charge in [-0.1, -0.05) is 75.7 Å². The number of nitrogens with zero attached hydrogens (tertiary/aromatic N) is 1. The summed E-state index contributed by atoms with van der Waals surface area (Å²) in [6.07, 6.45) is 1.57. The Hall–Kier alpha value is -2.33. The van der Waals surface area contributed by atoms with Crippen LogP contribution in [0.3, 0.4) is 0 Å². The molecule has 31 heavy (non-hydrogen) atoms. The molecule has 2 rings (SSSR count). The molecule has 1 N–H and O–H groups in total. The average Bonchev–Trinajstić information content (AvgIpc) is 2.73. The van der Waals surface area contributed by atoms with E-state index >= 15 is 0 Å². The summed E-state index contributed by atoms with van der Waals surface area (Å²) >= 11 is 6.00. The van der Waals surface area contributed by atoms with E-state index in [1.54, 1.807) is 4.90 Å². The Morgan fingerprint density at radius 3 is 2.06 bits per heavy atom. The molecule has 0 heterocycles. The molecule has 0 fully saturated rings. The molecule has 5 heteroatoms. The van der Waals surface area contributed by atoms with Gasteiger partial charge in [-0.15, -0.1) is 0 Å². The fourth-order valence-corrected chi connectivity index (χ4v) is 3.69. The van der Waals surface area contributed by atoms with E-state index in [2.05, 4.69) is 50.4 Å². The molecule has 0 aromatic heterocycles. The minimum absolute atomic E-state index is 0.0204. The first-order valence-corrected chi connectivity index (χ1v) is 11.4. The summed E-state index contributed by atoms with van der Waals surface area (Å²) < 4.78 is 0. The molecule has 0 saturated heterocycles. The number of carbonyl (C=O) groups excluding carboxylic acids is 2. The van der Waals surface area contributed by atoms with Gasteiger partial charge in [0.2, 0.25) is 11.8 Å². The third-order valence-electron chi connectivity index (χ3n) is 5.45. The molecule has 1 atom stereocenters. The fraction of sp³-hybridized carbons (Fsp3) is 0.462. The Kier molecular flexibility index (Phi) is 9.12. The number of halogens is 1. The highest BCUT2D eigenvalue weighted by Gasteiger charge is 2.28. The summed E-state index contributed by atoms with van der Waals surface area (Å²) in [6, 6.07) is 15.4. The van der Waals surface area contributed by atoms with Crippen LogP contribution in [-0.2, 0) is 28.0 Å². The summed E-state index contributed by atoms with van der Waals surface area (Å²) in [7, 11) is 0. The zero-order valence-corrected chi connectivity index (χ0v) is 20.1. The number of hydrogen-bond donors (Lipinski definition) is 1. The van der Waals surface area contributed by atoms with Crippen LogP contribution in [0, 0.1) is 0 Å². The van der Waals surface area contributed by atoms with Crippen LogP contribution < -0.4 is 5.32 Å². The molecule has 0 spiro atoms. The number of amides is 2. The Morgan fingerprint density at radius 2 is 1.55 bits per heavy atom. The van der Waals surface area contributed by atoms with Crippen LogP contribution in [0.4, 0.5) is 0 Å². The van der Waals surface area contributed by atoms with Crippen molar-refractivity contribution in [2.45, 2.75) is 71.9 Å². The molecule has 0 saturated carbocycles. The SMILES string of the molecule is CCNC(=O)[C@H](CC)N(Cc1ccc(Cl)cc1)C(=O)CCc1ccc(C(C)(C)C)cc1. The fourth-order valence-electron chi connectivity index (χ4n) is 3.56. The molecular weight excluding hydrogens is 408 g/mol. The lowest BCUT2D eigenvalue weighted by Gasteiger charge is -2.30. The minimum Gasteiger partial charge on any atom is -0.355 e. The Labute approximate surface area is 192 Å². The summed E-state index contributed by atoms with van der Waals surface area (Å²) in [4.78, 5) is 27.6. The van der Waals surface area contributed by atoms with E-state index in [4.69, 9.17) is 11.6 Å². The van der Waals surface area contributed by atoms with Crippen molar-refractivity contribution >= 4 is 23.4 Å². The number of benzene rings is 2. The van der Waals surface area contributed by atoms with E-state index in [0.29, 0.717) is 37.4 Å². The summed E-state index contributed by atoms with van der Waals surface area (Å²) in [5.74, 6) is -0.130. The summed E-state index contributed by atoms with van der Waals surface area (Å²) in [6.45, 7) is 11.3. The van der Waals surface area contributed by atoms with Gasteiger partial charge in [0.1, 0.15) is 6.04 Å². The highest BCUT2D eigenvalue weighted by molar-refractivity contribution is 6.30. The molecule has 0 unspecified atom stereocenters. The molecule has 4 nitrogen and oxygen atoms in total. The van der Waals surface area contributed by atoms with Crippen LogP contribution in [-0.4, -0.2) is 29.3 Å². The maximum atomic E-state index is 13.2. The molecule has 0 bridgehead atoms. The van der Waals surface area contributed by atoms with Crippen molar-refractivity contribution in [3.63, 3.8) is 0 Å². The van der Waals surface area contributed by atoms with Crippen LogP contribution in [0.1, 0.15) is 64.2 Å². The second kappa shape index (κ2) is 11.3. The van der Waals surface area contributed by atoms with Crippen molar-refractivity contribution < 1.29 is 9.59 Å². The Balaban J connectivity index is 2.16. The maximum absolute atomic E-state index is 13.2. The van der Waals surface area contributed by atoms with Crippen LogP contribution in [0.25, 0.3) is 0 Å². The first kappa shape index (κ1) is 24.9. The van der Waals surface area contributed by atoms with E-state index < -0.39 is 6.04 Å². The zero-order valence-electron chi connectivity index (χ0n) is 19.4. The third-order valence-corrected chi connectivity index (χ3v) is 5.70. The topological polar surface area (TPSA) is 49.4 Å². The number of nitrogens with one attached hydrogen (secondary N) is 1. The minimum atomic E-state index is -0.494. The third kappa shape index (κ3) is 7.39. The molecule has 0 radical (unpaired) electrons. The Morgan fingerprint density at radius 1 is 0.968 bits per heavy atom. The predicted molar refractivity (Wildman–Crippen MR) is 128 cm³/mol. The molecule has 0 aliphatic carbocycles.